The second-order valence-electron chi connectivity index (χ2n) is 3.86. The Kier molecular flexibility index (Phi) is 5.21. The molecule has 1 fully saturated rings. The van der Waals surface area contributed by atoms with E-state index in [9.17, 15) is 14.7 Å². The first-order valence-electron chi connectivity index (χ1n) is 5.86. The minimum atomic E-state index is -0.882. The second kappa shape index (κ2) is 6.44. The molecule has 0 radical (unpaired) electrons. The smallest absolute Gasteiger partial charge is 0.409 e. The van der Waals surface area contributed by atoms with Gasteiger partial charge in [0.15, 0.2) is 0 Å². The number of likely N-dealkylation sites (tertiary alicyclic amines) is 1. The standard InChI is InChI=1S/C11H19NO5/c1-3-16-10(14)8-5-6-12(7-9(8)13)11(15)17-4-2/h8-9,13H,3-7H2,1-2H3. The number of β-amino-alcohol motifs (C(OH)–C–C–N with tert-alkyl or cyclic N) is 1. The summed E-state index contributed by atoms with van der Waals surface area (Å²) in [6, 6.07) is 0. The molecule has 0 aromatic heterocycles. The van der Waals surface area contributed by atoms with Gasteiger partial charge in [-0.3, -0.25) is 4.79 Å². The van der Waals surface area contributed by atoms with Crippen LogP contribution in [0.15, 0.2) is 0 Å². The normalized spacial score (nSPS) is 24.3. The maximum absolute atomic E-state index is 11.5. The van der Waals surface area contributed by atoms with Gasteiger partial charge < -0.3 is 19.5 Å². The molecule has 2 atom stereocenters. The summed E-state index contributed by atoms with van der Waals surface area (Å²) in [5, 5.41) is 9.80. The summed E-state index contributed by atoms with van der Waals surface area (Å²) in [5.74, 6) is -0.941. The van der Waals surface area contributed by atoms with E-state index in [2.05, 4.69) is 0 Å². The van der Waals surface area contributed by atoms with Gasteiger partial charge in [-0.25, -0.2) is 4.79 Å². The van der Waals surface area contributed by atoms with Crippen LogP contribution in [0.3, 0.4) is 0 Å². The third kappa shape index (κ3) is 3.59. The fourth-order valence-electron chi connectivity index (χ4n) is 1.84. The van der Waals surface area contributed by atoms with Crippen molar-refractivity contribution in [3.8, 4) is 0 Å². The zero-order valence-electron chi connectivity index (χ0n) is 10.2. The second-order valence-corrected chi connectivity index (χ2v) is 3.86. The van der Waals surface area contributed by atoms with Crippen LogP contribution in [0.2, 0.25) is 0 Å². The number of amides is 1. The SMILES string of the molecule is CCOC(=O)C1CCN(C(=O)OCC)CC1O. The van der Waals surface area contributed by atoms with E-state index in [1.807, 2.05) is 0 Å². The highest BCUT2D eigenvalue weighted by Gasteiger charge is 2.35. The molecule has 0 aromatic carbocycles. The van der Waals surface area contributed by atoms with E-state index in [1.165, 1.54) is 4.90 Å². The van der Waals surface area contributed by atoms with E-state index < -0.39 is 24.1 Å². The number of carbonyl (C=O) groups excluding carboxylic acids is 2. The number of esters is 1. The molecular weight excluding hydrogens is 226 g/mol. The van der Waals surface area contributed by atoms with Gasteiger partial charge in [0.2, 0.25) is 0 Å². The molecule has 1 amide bonds. The Labute approximate surface area is 100 Å². The topological polar surface area (TPSA) is 76.1 Å². The number of nitrogens with zero attached hydrogens (tertiary/aromatic N) is 1. The molecule has 1 aliphatic heterocycles. The van der Waals surface area contributed by atoms with Crippen molar-refractivity contribution in [3.05, 3.63) is 0 Å². The number of aliphatic hydroxyl groups is 1. The van der Waals surface area contributed by atoms with E-state index in [1.54, 1.807) is 13.8 Å². The molecule has 0 saturated carbocycles. The van der Waals surface area contributed by atoms with Crippen molar-refractivity contribution in [2.45, 2.75) is 26.4 Å². The van der Waals surface area contributed by atoms with E-state index in [0.717, 1.165) is 0 Å². The Bertz CT molecular complexity index is 281. The number of hydrogen-bond donors (Lipinski definition) is 1. The lowest BCUT2D eigenvalue weighted by molar-refractivity contribution is -0.154. The van der Waals surface area contributed by atoms with Crippen molar-refractivity contribution in [1.82, 2.24) is 4.90 Å². The molecular formula is C11H19NO5. The average Bonchev–Trinajstić information content (AvgIpc) is 2.29. The largest absolute Gasteiger partial charge is 0.466 e. The van der Waals surface area contributed by atoms with Gasteiger partial charge in [0.1, 0.15) is 0 Å². The predicted octanol–water partition coefficient (Wildman–Crippen LogP) is 0.389. The van der Waals surface area contributed by atoms with Crippen molar-refractivity contribution in [2.75, 3.05) is 26.3 Å². The molecule has 1 N–H and O–H groups in total. The molecule has 0 bridgehead atoms. The van der Waals surface area contributed by atoms with Crippen molar-refractivity contribution >= 4 is 12.1 Å². The van der Waals surface area contributed by atoms with Crippen LogP contribution < -0.4 is 0 Å². The molecule has 1 aliphatic rings. The van der Waals surface area contributed by atoms with Gasteiger partial charge in [0.05, 0.1) is 31.8 Å². The Balaban J connectivity index is 2.49. The Hall–Kier alpha value is -1.30. The van der Waals surface area contributed by atoms with Crippen LogP contribution in [0.5, 0.6) is 0 Å². The molecule has 0 spiro atoms. The molecule has 6 nitrogen and oxygen atoms in total. The molecule has 1 heterocycles. The predicted molar refractivity (Wildman–Crippen MR) is 59.3 cm³/mol. The van der Waals surface area contributed by atoms with Crippen molar-refractivity contribution in [1.29, 1.82) is 0 Å². The lowest BCUT2D eigenvalue weighted by Gasteiger charge is -2.33. The first kappa shape index (κ1) is 13.8. The van der Waals surface area contributed by atoms with Gasteiger partial charge in [-0.15, -0.1) is 0 Å². The van der Waals surface area contributed by atoms with Crippen LogP contribution in [0.1, 0.15) is 20.3 Å². The average molecular weight is 245 g/mol. The lowest BCUT2D eigenvalue weighted by atomic mass is 9.94. The maximum Gasteiger partial charge on any atom is 0.409 e. The highest BCUT2D eigenvalue weighted by molar-refractivity contribution is 5.74. The van der Waals surface area contributed by atoms with Crippen molar-refractivity contribution < 1.29 is 24.2 Å². The number of carbonyl (C=O) groups is 2. The van der Waals surface area contributed by atoms with Crippen molar-refractivity contribution in [2.24, 2.45) is 5.92 Å². The van der Waals surface area contributed by atoms with Gasteiger partial charge in [0.25, 0.3) is 0 Å². The molecule has 2 unspecified atom stereocenters. The van der Waals surface area contributed by atoms with Crippen LogP contribution in [0, 0.1) is 5.92 Å². The summed E-state index contributed by atoms with van der Waals surface area (Å²) in [6.45, 7) is 4.55. The lowest BCUT2D eigenvalue weighted by Crippen LogP contribution is -2.49. The number of hydrogen-bond acceptors (Lipinski definition) is 5. The van der Waals surface area contributed by atoms with Crippen LogP contribution in [-0.4, -0.2) is 54.5 Å². The Morgan fingerprint density at radius 2 is 1.94 bits per heavy atom. The highest BCUT2D eigenvalue weighted by atomic mass is 16.6. The zero-order valence-corrected chi connectivity index (χ0v) is 10.2. The summed E-state index contributed by atoms with van der Waals surface area (Å²) < 4.78 is 9.69. The summed E-state index contributed by atoms with van der Waals surface area (Å²) >= 11 is 0. The Morgan fingerprint density at radius 3 is 2.47 bits per heavy atom. The fraction of sp³-hybridized carbons (Fsp3) is 0.818. The number of rotatable bonds is 3. The number of ether oxygens (including phenoxy) is 2. The number of piperidine rings is 1. The molecule has 1 rings (SSSR count). The minimum absolute atomic E-state index is 0.113. The maximum atomic E-state index is 11.5. The van der Waals surface area contributed by atoms with Gasteiger partial charge >= 0.3 is 12.1 Å². The van der Waals surface area contributed by atoms with Crippen LogP contribution in [0.4, 0.5) is 4.79 Å². The molecule has 0 aromatic rings. The van der Waals surface area contributed by atoms with Crippen LogP contribution in [0.25, 0.3) is 0 Å². The monoisotopic (exact) mass is 245 g/mol. The van der Waals surface area contributed by atoms with E-state index in [4.69, 9.17) is 9.47 Å². The van der Waals surface area contributed by atoms with Crippen LogP contribution in [-0.2, 0) is 14.3 Å². The van der Waals surface area contributed by atoms with Gasteiger partial charge in [-0.2, -0.15) is 0 Å². The van der Waals surface area contributed by atoms with E-state index >= 15 is 0 Å². The Morgan fingerprint density at radius 1 is 1.29 bits per heavy atom. The van der Waals surface area contributed by atoms with Crippen molar-refractivity contribution in [3.63, 3.8) is 0 Å². The molecule has 1 saturated heterocycles. The van der Waals surface area contributed by atoms with E-state index in [-0.39, 0.29) is 6.54 Å². The first-order valence-corrected chi connectivity index (χ1v) is 5.86. The van der Waals surface area contributed by atoms with Gasteiger partial charge in [-0.05, 0) is 20.3 Å². The summed E-state index contributed by atoms with van der Waals surface area (Å²) in [4.78, 5) is 24.3. The van der Waals surface area contributed by atoms with Crippen LogP contribution >= 0.6 is 0 Å². The number of aliphatic hydroxyl groups excluding tert-OH is 1. The molecule has 17 heavy (non-hydrogen) atoms. The molecule has 0 aliphatic carbocycles. The fourth-order valence-corrected chi connectivity index (χ4v) is 1.84. The zero-order chi connectivity index (χ0) is 12.8. The molecule has 98 valence electrons. The van der Waals surface area contributed by atoms with Gasteiger partial charge in [0, 0.05) is 6.54 Å². The minimum Gasteiger partial charge on any atom is -0.466 e. The summed E-state index contributed by atoms with van der Waals surface area (Å²) in [7, 11) is 0. The molecule has 6 heteroatoms. The van der Waals surface area contributed by atoms with Gasteiger partial charge in [-0.1, -0.05) is 0 Å². The summed E-state index contributed by atoms with van der Waals surface area (Å²) in [5.41, 5.74) is 0. The first-order chi connectivity index (χ1) is 8.10. The third-order valence-electron chi connectivity index (χ3n) is 2.70. The highest BCUT2D eigenvalue weighted by Crippen LogP contribution is 2.19. The van der Waals surface area contributed by atoms with E-state index in [0.29, 0.717) is 26.2 Å². The quantitative estimate of drug-likeness (QED) is 0.728. The summed E-state index contributed by atoms with van der Waals surface area (Å²) in [6.07, 6.45) is -0.931. The third-order valence-corrected chi connectivity index (χ3v) is 2.70.